The van der Waals surface area contributed by atoms with Crippen molar-refractivity contribution in [3.05, 3.63) is 42.4 Å². The Morgan fingerprint density at radius 3 is 2.48 bits per heavy atom. The summed E-state index contributed by atoms with van der Waals surface area (Å²) >= 11 is 0. The van der Waals surface area contributed by atoms with Crippen LogP contribution in [0.25, 0.3) is 0 Å². The fourth-order valence-corrected chi connectivity index (χ4v) is 3.83. The van der Waals surface area contributed by atoms with Crippen LogP contribution in [0.2, 0.25) is 0 Å². The molecule has 0 aliphatic rings. The summed E-state index contributed by atoms with van der Waals surface area (Å²) in [6, 6.07) is 5.96. The van der Waals surface area contributed by atoms with Crippen LogP contribution in [0, 0.1) is 0 Å². The molecule has 7 nitrogen and oxygen atoms in total. The maximum Gasteiger partial charge on any atom is 0.259 e. The number of carbonyl (C=O) groups excluding carboxylic acids is 1. The zero-order chi connectivity index (χ0) is 18.4. The van der Waals surface area contributed by atoms with Crippen molar-refractivity contribution in [1.29, 1.82) is 0 Å². The van der Waals surface area contributed by atoms with E-state index in [1.807, 2.05) is 6.92 Å². The van der Waals surface area contributed by atoms with E-state index < -0.39 is 15.9 Å². The van der Waals surface area contributed by atoms with Crippen molar-refractivity contribution in [2.24, 2.45) is 0 Å². The van der Waals surface area contributed by atoms with Crippen molar-refractivity contribution >= 4 is 21.6 Å². The molecular formula is C17H22N2O5S. The van der Waals surface area contributed by atoms with Gasteiger partial charge in [0, 0.05) is 13.1 Å². The van der Waals surface area contributed by atoms with Gasteiger partial charge in [-0.2, -0.15) is 4.31 Å². The number of ether oxygens (including phenoxy) is 1. The number of amides is 1. The molecule has 1 aromatic heterocycles. The van der Waals surface area contributed by atoms with Gasteiger partial charge in [-0.1, -0.05) is 13.8 Å². The number of furan rings is 1. The van der Waals surface area contributed by atoms with Gasteiger partial charge in [0.2, 0.25) is 10.0 Å². The second kappa shape index (κ2) is 8.17. The molecule has 0 bridgehead atoms. The van der Waals surface area contributed by atoms with Crippen molar-refractivity contribution in [1.82, 2.24) is 4.31 Å². The summed E-state index contributed by atoms with van der Waals surface area (Å²) in [6.45, 7) is 6.47. The second-order valence-corrected chi connectivity index (χ2v) is 7.08. The number of hydrogen-bond acceptors (Lipinski definition) is 5. The third kappa shape index (κ3) is 4.21. The SMILES string of the molecule is CCOc1ccc(S(=O)(=O)N(CC)CC)cc1NC(=O)c1ccoc1. The first kappa shape index (κ1) is 19.0. The molecule has 0 saturated carbocycles. The van der Waals surface area contributed by atoms with E-state index in [1.54, 1.807) is 19.9 Å². The van der Waals surface area contributed by atoms with Crippen molar-refractivity contribution in [2.45, 2.75) is 25.7 Å². The minimum absolute atomic E-state index is 0.0992. The van der Waals surface area contributed by atoms with Crippen LogP contribution in [0.1, 0.15) is 31.1 Å². The Balaban J connectivity index is 2.41. The van der Waals surface area contributed by atoms with Crippen LogP contribution in [-0.4, -0.2) is 38.3 Å². The lowest BCUT2D eigenvalue weighted by molar-refractivity contribution is 0.102. The van der Waals surface area contributed by atoms with Gasteiger partial charge in [0.25, 0.3) is 5.91 Å². The van der Waals surface area contributed by atoms with E-state index in [0.29, 0.717) is 36.7 Å². The Hall–Kier alpha value is -2.32. The van der Waals surface area contributed by atoms with Crippen LogP contribution < -0.4 is 10.1 Å². The van der Waals surface area contributed by atoms with Crippen LogP contribution in [-0.2, 0) is 10.0 Å². The Morgan fingerprint density at radius 1 is 1.20 bits per heavy atom. The lowest BCUT2D eigenvalue weighted by Crippen LogP contribution is -2.30. The molecule has 1 aromatic carbocycles. The first-order chi connectivity index (χ1) is 11.9. The van der Waals surface area contributed by atoms with E-state index >= 15 is 0 Å². The van der Waals surface area contributed by atoms with E-state index in [0.717, 1.165) is 0 Å². The molecule has 0 fully saturated rings. The molecule has 0 atom stereocenters. The standard InChI is InChI=1S/C17H22N2O5S/c1-4-19(5-2)25(21,22)14-7-8-16(24-6-3)15(11-14)18-17(20)13-9-10-23-12-13/h7-12H,4-6H2,1-3H3,(H,18,20). The third-order valence-corrected chi connectivity index (χ3v) is 5.67. The van der Waals surface area contributed by atoms with Crippen molar-refractivity contribution in [2.75, 3.05) is 25.0 Å². The van der Waals surface area contributed by atoms with E-state index in [9.17, 15) is 13.2 Å². The molecule has 25 heavy (non-hydrogen) atoms. The molecule has 0 saturated heterocycles. The molecule has 1 N–H and O–H groups in total. The molecule has 0 unspecified atom stereocenters. The van der Waals surface area contributed by atoms with Gasteiger partial charge >= 0.3 is 0 Å². The van der Waals surface area contributed by atoms with Crippen molar-refractivity contribution < 1.29 is 22.4 Å². The largest absolute Gasteiger partial charge is 0.492 e. The summed E-state index contributed by atoms with van der Waals surface area (Å²) in [6.07, 6.45) is 2.70. The van der Waals surface area contributed by atoms with Crippen LogP contribution in [0.5, 0.6) is 5.75 Å². The zero-order valence-electron chi connectivity index (χ0n) is 14.5. The fraction of sp³-hybridized carbons (Fsp3) is 0.353. The molecule has 8 heteroatoms. The fourth-order valence-electron chi connectivity index (χ4n) is 2.35. The van der Waals surface area contributed by atoms with E-state index in [1.165, 1.54) is 35.0 Å². The quantitative estimate of drug-likeness (QED) is 0.776. The monoisotopic (exact) mass is 366 g/mol. The molecule has 1 heterocycles. The minimum atomic E-state index is -3.64. The second-order valence-electron chi connectivity index (χ2n) is 5.15. The highest BCUT2D eigenvalue weighted by Gasteiger charge is 2.23. The number of sulfonamides is 1. The summed E-state index contributed by atoms with van der Waals surface area (Å²) in [5.41, 5.74) is 0.626. The predicted octanol–water partition coefficient (Wildman–Crippen LogP) is 2.96. The lowest BCUT2D eigenvalue weighted by Gasteiger charge is -2.20. The van der Waals surface area contributed by atoms with Gasteiger partial charge < -0.3 is 14.5 Å². The summed E-state index contributed by atoms with van der Waals surface area (Å²) < 4.78 is 37.1. The highest BCUT2D eigenvalue weighted by atomic mass is 32.2. The molecule has 1 amide bonds. The van der Waals surface area contributed by atoms with Crippen LogP contribution in [0.4, 0.5) is 5.69 Å². The molecule has 2 aromatic rings. The van der Waals surface area contributed by atoms with Crippen molar-refractivity contribution in [3.8, 4) is 5.75 Å². The Labute approximate surface area is 147 Å². The van der Waals surface area contributed by atoms with Gasteiger partial charge in [0.1, 0.15) is 12.0 Å². The summed E-state index contributed by atoms with van der Waals surface area (Å²) in [5, 5.41) is 2.68. The molecule has 0 aliphatic carbocycles. The van der Waals surface area contributed by atoms with Gasteiger partial charge in [0.05, 0.1) is 29.0 Å². The Kier molecular flexibility index (Phi) is 6.22. The summed E-state index contributed by atoms with van der Waals surface area (Å²) in [4.78, 5) is 12.4. The third-order valence-electron chi connectivity index (χ3n) is 3.63. The average molecular weight is 366 g/mol. The zero-order valence-corrected chi connectivity index (χ0v) is 15.3. The van der Waals surface area contributed by atoms with E-state index in [-0.39, 0.29) is 4.90 Å². The summed E-state index contributed by atoms with van der Waals surface area (Å²) in [5.74, 6) is -0.00932. The topological polar surface area (TPSA) is 88.9 Å². The first-order valence-electron chi connectivity index (χ1n) is 8.04. The number of carbonyl (C=O) groups is 1. The van der Waals surface area contributed by atoms with Crippen LogP contribution >= 0.6 is 0 Å². The van der Waals surface area contributed by atoms with E-state index in [2.05, 4.69) is 5.32 Å². The number of rotatable bonds is 8. The number of hydrogen-bond donors (Lipinski definition) is 1. The number of nitrogens with zero attached hydrogens (tertiary/aromatic N) is 1. The highest BCUT2D eigenvalue weighted by molar-refractivity contribution is 7.89. The van der Waals surface area contributed by atoms with E-state index in [4.69, 9.17) is 9.15 Å². The maximum atomic E-state index is 12.7. The Bertz CT molecular complexity index is 812. The Morgan fingerprint density at radius 2 is 1.92 bits per heavy atom. The predicted molar refractivity (Wildman–Crippen MR) is 94.4 cm³/mol. The molecule has 0 radical (unpaired) electrons. The normalized spacial score (nSPS) is 11.5. The van der Waals surface area contributed by atoms with Gasteiger partial charge in [-0.05, 0) is 31.2 Å². The molecule has 136 valence electrons. The minimum Gasteiger partial charge on any atom is -0.492 e. The van der Waals surface area contributed by atoms with Crippen molar-refractivity contribution in [3.63, 3.8) is 0 Å². The molecule has 0 aliphatic heterocycles. The van der Waals surface area contributed by atoms with Gasteiger partial charge in [0.15, 0.2) is 0 Å². The van der Waals surface area contributed by atoms with Gasteiger partial charge in [-0.3, -0.25) is 4.79 Å². The molecular weight excluding hydrogens is 344 g/mol. The number of nitrogens with one attached hydrogen (secondary N) is 1. The number of anilines is 1. The lowest BCUT2D eigenvalue weighted by atomic mass is 10.2. The first-order valence-corrected chi connectivity index (χ1v) is 9.48. The average Bonchev–Trinajstić information content (AvgIpc) is 3.12. The number of benzene rings is 1. The summed E-state index contributed by atoms with van der Waals surface area (Å²) in [7, 11) is -3.64. The molecule has 2 rings (SSSR count). The maximum absolute atomic E-state index is 12.7. The van der Waals surface area contributed by atoms with Crippen LogP contribution in [0.3, 0.4) is 0 Å². The highest BCUT2D eigenvalue weighted by Crippen LogP contribution is 2.29. The van der Waals surface area contributed by atoms with Crippen LogP contribution in [0.15, 0.2) is 46.1 Å². The smallest absolute Gasteiger partial charge is 0.259 e. The van der Waals surface area contributed by atoms with Gasteiger partial charge in [-0.15, -0.1) is 0 Å². The van der Waals surface area contributed by atoms with Gasteiger partial charge in [-0.25, -0.2) is 8.42 Å². The molecule has 0 spiro atoms.